The number of nitrogens with zero attached hydrogens (tertiary/aromatic N) is 8. The van der Waals surface area contributed by atoms with E-state index in [2.05, 4.69) is 58.1 Å². The van der Waals surface area contributed by atoms with Crippen LogP contribution in [0.15, 0.2) is 30.3 Å². The van der Waals surface area contributed by atoms with Gasteiger partial charge < -0.3 is 20.2 Å². The predicted octanol–water partition coefficient (Wildman–Crippen LogP) is 2.23. The molecular weight excluding hydrogens is 482 g/mol. The molecule has 0 aliphatic carbocycles. The summed E-state index contributed by atoms with van der Waals surface area (Å²) in [6, 6.07) is 9.79. The average Bonchev–Trinajstić information content (AvgIpc) is 3.53. The number of carbonyl (C=O) groups is 1. The second-order valence-corrected chi connectivity index (χ2v) is 9.37. The van der Waals surface area contributed by atoms with Crippen LogP contribution in [0.2, 0.25) is 0 Å². The van der Waals surface area contributed by atoms with E-state index in [0.717, 1.165) is 54.5 Å². The lowest BCUT2D eigenvalue weighted by Crippen LogP contribution is -2.44. The van der Waals surface area contributed by atoms with Gasteiger partial charge in [0.15, 0.2) is 5.13 Å². The number of aromatic nitrogens is 7. The Balaban J connectivity index is 1.36. The van der Waals surface area contributed by atoms with Crippen LogP contribution in [0.25, 0.3) is 11.4 Å². The molecule has 0 radical (unpaired) electrons. The van der Waals surface area contributed by atoms with E-state index in [9.17, 15) is 9.90 Å². The van der Waals surface area contributed by atoms with Crippen LogP contribution in [-0.4, -0.2) is 84.8 Å². The van der Waals surface area contributed by atoms with Crippen molar-refractivity contribution in [2.45, 2.75) is 13.5 Å². The molecule has 36 heavy (non-hydrogen) atoms. The van der Waals surface area contributed by atoms with Gasteiger partial charge in [-0.1, -0.05) is 35.6 Å². The van der Waals surface area contributed by atoms with Crippen LogP contribution in [-0.2, 0) is 6.54 Å². The number of hydrogen-bond acceptors (Lipinski definition) is 12. The molecule has 186 valence electrons. The lowest BCUT2D eigenvalue weighted by molar-refractivity contribution is 0.0701. The summed E-state index contributed by atoms with van der Waals surface area (Å²) in [6.07, 6.45) is 0. The van der Waals surface area contributed by atoms with Gasteiger partial charge in [0.25, 0.3) is 0 Å². The molecule has 0 bridgehead atoms. The van der Waals surface area contributed by atoms with Crippen molar-refractivity contribution in [3.8, 4) is 11.4 Å². The summed E-state index contributed by atoms with van der Waals surface area (Å²) in [5, 5.41) is 30.3. The van der Waals surface area contributed by atoms with Gasteiger partial charge in [-0.25, -0.2) is 9.78 Å². The fraction of sp³-hybridized carbons (Fsp3) is 0.318. The topological polar surface area (TPSA) is 161 Å². The van der Waals surface area contributed by atoms with Crippen LogP contribution in [0.4, 0.5) is 22.7 Å². The summed E-state index contributed by atoms with van der Waals surface area (Å²) in [7, 11) is 2.10. The van der Waals surface area contributed by atoms with Gasteiger partial charge in [0.2, 0.25) is 11.8 Å². The molecule has 0 unspecified atom stereocenters. The van der Waals surface area contributed by atoms with E-state index < -0.39 is 5.97 Å². The maximum absolute atomic E-state index is 11.4. The van der Waals surface area contributed by atoms with Crippen molar-refractivity contribution in [2.24, 2.45) is 0 Å². The molecule has 13 nitrogen and oxygen atoms in total. The second-order valence-electron chi connectivity index (χ2n) is 8.37. The number of carboxylic acids is 1. The quantitative estimate of drug-likeness (QED) is 0.276. The Labute approximate surface area is 210 Å². The van der Waals surface area contributed by atoms with Crippen molar-refractivity contribution in [1.29, 1.82) is 0 Å². The highest BCUT2D eigenvalue weighted by Crippen LogP contribution is 2.27. The summed E-state index contributed by atoms with van der Waals surface area (Å²) in [6.45, 7) is 5.80. The molecule has 0 atom stereocenters. The zero-order valence-corrected chi connectivity index (χ0v) is 20.6. The Hall–Kier alpha value is -4.17. The van der Waals surface area contributed by atoms with E-state index in [-0.39, 0.29) is 4.88 Å². The van der Waals surface area contributed by atoms with Gasteiger partial charge in [-0.3, -0.25) is 5.32 Å². The Morgan fingerprint density at radius 1 is 1.14 bits per heavy atom. The number of likely N-dealkylation sites (N-methyl/N-ethyl adjacent to an activating group) is 1. The number of aromatic amines is 1. The van der Waals surface area contributed by atoms with Crippen molar-refractivity contribution in [2.75, 3.05) is 48.8 Å². The van der Waals surface area contributed by atoms with Crippen molar-refractivity contribution < 1.29 is 9.90 Å². The third-order valence-corrected chi connectivity index (χ3v) is 6.84. The average molecular weight is 508 g/mol. The van der Waals surface area contributed by atoms with Gasteiger partial charge in [-0.05, 0) is 24.7 Å². The number of benzene rings is 1. The fourth-order valence-corrected chi connectivity index (χ4v) is 4.57. The van der Waals surface area contributed by atoms with Crippen molar-refractivity contribution >= 4 is 40.0 Å². The van der Waals surface area contributed by atoms with Crippen molar-refractivity contribution in [1.82, 2.24) is 40.5 Å². The molecule has 1 aliphatic rings. The molecule has 4 aromatic rings. The van der Waals surface area contributed by atoms with Crippen LogP contribution < -0.4 is 15.5 Å². The number of aryl methyl sites for hydroxylation is 1. The van der Waals surface area contributed by atoms with Crippen molar-refractivity contribution in [3.05, 3.63) is 46.5 Å². The van der Waals surface area contributed by atoms with E-state index >= 15 is 0 Å². The smallest absolute Gasteiger partial charge is 0.347 e. The van der Waals surface area contributed by atoms with Gasteiger partial charge in [0, 0.05) is 44.4 Å². The van der Waals surface area contributed by atoms with Gasteiger partial charge in [0.1, 0.15) is 16.5 Å². The Morgan fingerprint density at radius 2 is 1.92 bits per heavy atom. The highest BCUT2D eigenvalue weighted by molar-refractivity contribution is 7.17. The predicted molar refractivity (Wildman–Crippen MR) is 136 cm³/mol. The van der Waals surface area contributed by atoms with Crippen LogP contribution >= 0.6 is 11.3 Å². The molecule has 4 N–H and O–H groups in total. The van der Waals surface area contributed by atoms with Crippen LogP contribution in [0.5, 0.6) is 0 Å². The highest BCUT2D eigenvalue weighted by Gasteiger charge is 2.19. The van der Waals surface area contributed by atoms with Gasteiger partial charge >= 0.3 is 5.97 Å². The first kappa shape index (κ1) is 23.6. The molecule has 0 amide bonds. The Morgan fingerprint density at radius 3 is 2.58 bits per heavy atom. The number of piperazine rings is 1. The van der Waals surface area contributed by atoms with Crippen LogP contribution in [0, 0.1) is 6.92 Å². The molecule has 4 heterocycles. The maximum atomic E-state index is 11.4. The summed E-state index contributed by atoms with van der Waals surface area (Å²) in [5.74, 6) is 1.34. The number of aromatic carboxylic acids is 1. The minimum absolute atomic E-state index is 0.190. The van der Waals surface area contributed by atoms with E-state index in [1.165, 1.54) is 0 Å². The number of nitrogens with one attached hydrogen (secondary N) is 3. The van der Waals surface area contributed by atoms with E-state index in [1.807, 2.05) is 30.3 Å². The monoisotopic (exact) mass is 507 g/mol. The number of rotatable bonds is 8. The molecule has 0 spiro atoms. The largest absolute Gasteiger partial charge is 0.477 e. The Kier molecular flexibility index (Phi) is 6.69. The number of tetrazole rings is 1. The molecule has 1 fully saturated rings. The van der Waals surface area contributed by atoms with E-state index in [0.29, 0.717) is 35.0 Å². The van der Waals surface area contributed by atoms with Crippen LogP contribution in [0.1, 0.15) is 20.9 Å². The zero-order chi connectivity index (χ0) is 25.1. The number of anilines is 4. The number of hydrogen-bond donors (Lipinski definition) is 4. The normalized spacial score (nSPS) is 14.1. The van der Waals surface area contributed by atoms with Gasteiger partial charge in [0.05, 0.1) is 5.69 Å². The summed E-state index contributed by atoms with van der Waals surface area (Å²) in [5.41, 5.74) is 2.38. The third-order valence-electron chi connectivity index (χ3n) is 5.78. The lowest BCUT2D eigenvalue weighted by atomic mass is 10.1. The van der Waals surface area contributed by atoms with E-state index in [1.54, 1.807) is 6.92 Å². The SMILES string of the molecule is Cc1nc(Nc2nc(NCc3ccc(-c4nn[nH]n4)cc3)cc(N3CCN(C)CC3)n2)sc1C(=O)O. The molecule has 14 heteroatoms. The maximum Gasteiger partial charge on any atom is 0.347 e. The molecule has 3 aromatic heterocycles. The molecule has 0 saturated carbocycles. The van der Waals surface area contributed by atoms with Crippen LogP contribution in [0.3, 0.4) is 0 Å². The standard InChI is InChI=1S/C22H25N11O2S/c1-13-18(20(34)35)36-22(24-13)27-21-25-16(11-17(26-21)33-9-7-32(2)8-10-33)23-12-14-3-5-15(6-4-14)19-28-30-31-29-19/h3-6,11H,7-10,12H2,1-2H3,(H,34,35)(H,28,29,30,31)(H2,23,24,25,26,27). The third kappa shape index (κ3) is 5.39. The summed E-state index contributed by atoms with van der Waals surface area (Å²) < 4.78 is 0. The summed E-state index contributed by atoms with van der Waals surface area (Å²) >= 11 is 1.06. The number of thiazole rings is 1. The number of carboxylic acid groups (broad SMARTS) is 1. The summed E-state index contributed by atoms with van der Waals surface area (Å²) in [4.78, 5) is 29.7. The second kappa shape index (κ2) is 10.2. The molecule has 1 aromatic carbocycles. The van der Waals surface area contributed by atoms with Crippen molar-refractivity contribution in [3.63, 3.8) is 0 Å². The molecule has 5 rings (SSSR count). The Bertz CT molecular complexity index is 1330. The minimum Gasteiger partial charge on any atom is -0.477 e. The first-order valence-corrected chi connectivity index (χ1v) is 12.1. The number of H-pyrrole nitrogens is 1. The minimum atomic E-state index is -1.00. The zero-order valence-electron chi connectivity index (χ0n) is 19.8. The lowest BCUT2D eigenvalue weighted by Gasteiger charge is -2.33. The fourth-order valence-electron chi connectivity index (χ4n) is 3.77. The molecular formula is C22H25N11O2S. The van der Waals surface area contributed by atoms with Gasteiger partial charge in [-0.2, -0.15) is 15.2 Å². The first-order valence-electron chi connectivity index (χ1n) is 11.3. The molecule has 1 saturated heterocycles. The van der Waals surface area contributed by atoms with Gasteiger partial charge in [-0.15, -0.1) is 10.2 Å². The van der Waals surface area contributed by atoms with E-state index in [4.69, 9.17) is 4.98 Å². The molecule has 1 aliphatic heterocycles. The first-order chi connectivity index (χ1) is 17.4. The highest BCUT2D eigenvalue weighted by atomic mass is 32.1.